The number of hydrogen-bond donors (Lipinski definition) is 1. The average Bonchev–Trinajstić information content (AvgIpc) is 2.98. The Labute approximate surface area is 161 Å². The average molecular weight is 364 g/mol. The van der Waals surface area contributed by atoms with Gasteiger partial charge in [-0.1, -0.05) is 18.2 Å². The molecule has 5 nitrogen and oxygen atoms in total. The molecule has 0 bridgehead atoms. The van der Waals surface area contributed by atoms with Gasteiger partial charge in [0, 0.05) is 56.0 Å². The van der Waals surface area contributed by atoms with Crippen LogP contribution < -0.4 is 10.2 Å². The first-order valence-corrected chi connectivity index (χ1v) is 9.14. The van der Waals surface area contributed by atoms with E-state index in [0.717, 1.165) is 5.69 Å². The molecule has 27 heavy (non-hydrogen) atoms. The summed E-state index contributed by atoms with van der Waals surface area (Å²) in [7, 11) is 10.1. The zero-order valence-electron chi connectivity index (χ0n) is 16.7. The van der Waals surface area contributed by atoms with E-state index in [2.05, 4.69) is 52.3 Å². The quantitative estimate of drug-likeness (QED) is 0.730. The Bertz CT molecular complexity index is 925. The molecule has 1 N–H and O–H groups in total. The monoisotopic (exact) mass is 364 g/mol. The van der Waals surface area contributed by atoms with Crippen molar-refractivity contribution in [3.8, 4) is 0 Å². The summed E-state index contributed by atoms with van der Waals surface area (Å²) >= 11 is 0. The number of hydrogen-bond acceptors (Lipinski definition) is 3. The summed E-state index contributed by atoms with van der Waals surface area (Å²) in [6.07, 6.45) is 2.16. The molecule has 1 atom stereocenters. The minimum absolute atomic E-state index is 0.0487. The van der Waals surface area contributed by atoms with Crippen LogP contribution in [0.1, 0.15) is 22.0 Å². The molecule has 0 radical (unpaired) electrons. The summed E-state index contributed by atoms with van der Waals surface area (Å²) in [5, 5.41) is 4.32. The van der Waals surface area contributed by atoms with E-state index in [1.165, 1.54) is 16.5 Å². The predicted octanol–water partition coefficient (Wildman–Crippen LogP) is 3.28. The summed E-state index contributed by atoms with van der Waals surface area (Å²) in [5.74, 6) is -0.0487. The molecule has 5 heteroatoms. The molecule has 2 aromatic carbocycles. The van der Waals surface area contributed by atoms with Gasteiger partial charge in [0.25, 0.3) is 5.91 Å². The molecule has 3 aromatic rings. The Morgan fingerprint density at radius 3 is 2.33 bits per heavy atom. The van der Waals surface area contributed by atoms with Gasteiger partial charge >= 0.3 is 0 Å². The highest BCUT2D eigenvalue weighted by atomic mass is 16.1. The van der Waals surface area contributed by atoms with Crippen LogP contribution in [0, 0.1) is 0 Å². The highest BCUT2D eigenvalue weighted by Gasteiger charge is 2.20. The molecule has 1 unspecified atom stereocenters. The SMILES string of the molecule is CN(C)c1ccc(C(=O)NCC(c2cn(C)c3ccccc23)N(C)C)cc1. The number of likely N-dealkylation sites (N-methyl/N-ethyl adjacent to an activating group) is 1. The first-order valence-electron chi connectivity index (χ1n) is 9.14. The number of benzene rings is 2. The highest BCUT2D eigenvalue weighted by molar-refractivity contribution is 5.94. The van der Waals surface area contributed by atoms with Crippen molar-refractivity contribution in [3.63, 3.8) is 0 Å². The number of nitrogens with zero attached hydrogens (tertiary/aromatic N) is 3. The molecule has 1 amide bonds. The lowest BCUT2D eigenvalue weighted by Crippen LogP contribution is -2.34. The van der Waals surface area contributed by atoms with E-state index < -0.39 is 0 Å². The Kier molecular flexibility index (Phi) is 5.51. The number of fused-ring (bicyclic) bond motifs is 1. The van der Waals surface area contributed by atoms with Gasteiger partial charge in [-0.25, -0.2) is 0 Å². The van der Waals surface area contributed by atoms with Crippen molar-refractivity contribution in [2.24, 2.45) is 7.05 Å². The Morgan fingerprint density at radius 1 is 1.04 bits per heavy atom. The zero-order valence-corrected chi connectivity index (χ0v) is 16.7. The third kappa shape index (κ3) is 3.98. The van der Waals surface area contributed by atoms with Gasteiger partial charge in [0.2, 0.25) is 0 Å². The van der Waals surface area contributed by atoms with E-state index in [1.54, 1.807) is 0 Å². The van der Waals surface area contributed by atoms with Crippen molar-refractivity contribution < 1.29 is 4.79 Å². The standard InChI is InChI=1S/C22H28N4O/c1-24(2)17-12-10-16(11-13-17)22(27)23-14-21(25(3)4)19-15-26(5)20-9-7-6-8-18(19)20/h6-13,15,21H,14H2,1-5H3,(H,23,27). The lowest BCUT2D eigenvalue weighted by molar-refractivity contribution is 0.0942. The zero-order chi connectivity index (χ0) is 19.6. The molecule has 1 aromatic heterocycles. The number of nitrogens with one attached hydrogen (secondary N) is 1. The van der Waals surface area contributed by atoms with E-state index >= 15 is 0 Å². The van der Waals surface area contributed by atoms with Crippen LogP contribution in [0.15, 0.2) is 54.7 Å². The van der Waals surface area contributed by atoms with Crippen molar-refractivity contribution in [1.29, 1.82) is 0 Å². The van der Waals surface area contributed by atoms with Crippen LogP contribution >= 0.6 is 0 Å². The highest BCUT2D eigenvalue weighted by Crippen LogP contribution is 2.28. The van der Waals surface area contributed by atoms with E-state index in [9.17, 15) is 4.79 Å². The largest absolute Gasteiger partial charge is 0.378 e. The second-order valence-corrected chi connectivity index (χ2v) is 7.34. The molecule has 1 heterocycles. The predicted molar refractivity (Wildman–Crippen MR) is 112 cm³/mol. The Morgan fingerprint density at radius 2 is 1.70 bits per heavy atom. The molecule has 0 aliphatic heterocycles. The summed E-state index contributed by atoms with van der Waals surface area (Å²) in [6.45, 7) is 0.551. The van der Waals surface area contributed by atoms with Gasteiger partial charge in [0.15, 0.2) is 0 Å². The number of carbonyl (C=O) groups excluding carboxylic acids is 1. The second-order valence-electron chi connectivity index (χ2n) is 7.34. The van der Waals surface area contributed by atoms with E-state index in [-0.39, 0.29) is 11.9 Å². The smallest absolute Gasteiger partial charge is 0.251 e. The van der Waals surface area contributed by atoms with Gasteiger partial charge in [0.1, 0.15) is 0 Å². The van der Waals surface area contributed by atoms with Crippen molar-refractivity contribution in [1.82, 2.24) is 14.8 Å². The first-order chi connectivity index (χ1) is 12.9. The first kappa shape index (κ1) is 19.0. The topological polar surface area (TPSA) is 40.5 Å². The van der Waals surface area contributed by atoms with Gasteiger partial charge in [-0.2, -0.15) is 0 Å². The maximum Gasteiger partial charge on any atom is 0.251 e. The Balaban J connectivity index is 1.78. The number of para-hydroxylation sites is 1. The van der Waals surface area contributed by atoms with Gasteiger partial charge in [-0.3, -0.25) is 4.79 Å². The summed E-state index contributed by atoms with van der Waals surface area (Å²) in [4.78, 5) is 16.8. The maximum absolute atomic E-state index is 12.6. The number of amides is 1. The maximum atomic E-state index is 12.6. The van der Waals surface area contributed by atoms with Crippen molar-refractivity contribution in [2.75, 3.05) is 39.6 Å². The second kappa shape index (κ2) is 7.84. The minimum Gasteiger partial charge on any atom is -0.378 e. The van der Waals surface area contributed by atoms with Gasteiger partial charge in [-0.05, 0) is 50.0 Å². The molecular weight excluding hydrogens is 336 g/mol. The normalized spacial score (nSPS) is 12.4. The van der Waals surface area contributed by atoms with Crippen LogP contribution in [0.5, 0.6) is 0 Å². The molecule has 0 aliphatic carbocycles. The van der Waals surface area contributed by atoms with E-state index in [1.807, 2.05) is 57.4 Å². The molecule has 0 fully saturated rings. The van der Waals surface area contributed by atoms with Gasteiger partial charge in [-0.15, -0.1) is 0 Å². The molecule has 0 saturated carbocycles. The number of carbonyl (C=O) groups is 1. The number of aryl methyl sites for hydroxylation is 1. The lowest BCUT2D eigenvalue weighted by Gasteiger charge is -2.24. The molecule has 3 rings (SSSR count). The minimum atomic E-state index is -0.0487. The van der Waals surface area contributed by atoms with E-state index in [4.69, 9.17) is 0 Å². The Hall–Kier alpha value is -2.79. The third-order valence-corrected chi connectivity index (χ3v) is 5.01. The van der Waals surface area contributed by atoms with Crippen LogP contribution in [-0.4, -0.2) is 50.1 Å². The third-order valence-electron chi connectivity index (χ3n) is 5.01. The number of anilines is 1. The fourth-order valence-corrected chi connectivity index (χ4v) is 3.41. The molecule has 0 aliphatic rings. The summed E-state index contributed by atoms with van der Waals surface area (Å²) in [5.41, 5.74) is 4.18. The molecule has 0 saturated heterocycles. The number of aromatic nitrogens is 1. The van der Waals surface area contributed by atoms with Gasteiger partial charge in [0.05, 0.1) is 6.04 Å². The summed E-state index contributed by atoms with van der Waals surface area (Å²) in [6, 6.07) is 16.1. The van der Waals surface area contributed by atoms with Crippen LogP contribution in [0.2, 0.25) is 0 Å². The molecule has 142 valence electrons. The molecular formula is C22H28N4O. The van der Waals surface area contributed by atoms with Crippen LogP contribution in [0.25, 0.3) is 10.9 Å². The van der Waals surface area contributed by atoms with Crippen LogP contribution in [-0.2, 0) is 7.05 Å². The lowest BCUT2D eigenvalue weighted by atomic mass is 10.0. The van der Waals surface area contributed by atoms with Crippen molar-refractivity contribution in [3.05, 3.63) is 65.9 Å². The molecule has 0 spiro atoms. The fourth-order valence-electron chi connectivity index (χ4n) is 3.41. The van der Waals surface area contributed by atoms with Crippen molar-refractivity contribution in [2.45, 2.75) is 6.04 Å². The summed E-state index contributed by atoms with van der Waals surface area (Å²) < 4.78 is 2.14. The van der Waals surface area contributed by atoms with Crippen molar-refractivity contribution >= 4 is 22.5 Å². The van der Waals surface area contributed by atoms with Gasteiger partial charge < -0.3 is 19.7 Å². The van der Waals surface area contributed by atoms with E-state index in [0.29, 0.717) is 12.1 Å². The van der Waals surface area contributed by atoms with Crippen LogP contribution in [0.3, 0.4) is 0 Å². The fraction of sp³-hybridized carbons (Fsp3) is 0.318. The van der Waals surface area contributed by atoms with Crippen LogP contribution in [0.4, 0.5) is 5.69 Å². The number of rotatable bonds is 6.